The number of esters is 1. The van der Waals surface area contributed by atoms with E-state index in [-0.39, 0.29) is 10.8 Å². The number of halogens is 2. The van der Waals surface area contributed by atoms with E-state index in [0.717, 1.165) is 0 Å². The molecule has 8 heteroatoms. The van der Waals surface area contributed by atoms with Crippen LogP contribution >= 0.6 is 23.2 Å². The van der Waals surface area contributed by atoms with Crippen molar-refractivity contribution in [3.63, 3.8) is 0 Å². The van der Waals surface area contributed by atoms with Crippen LogP contribution in [-0.4, -0.2) is 29.5 Å². The first-order valence-corrected chi connectivity index (χ1v) is 9.63. The van der Waals surface area contributed by atoms with E-state index in [4.69, 9.17) is 37.4 Å². The van der Waals surface area contributed by atoms with Crippen molar-refractivity contribution in [3.8, 4) is 5.75 Å². The first-order valence-electron chi connectivity index (χ1n) is 8.87. The van der Waals surface area contributed by atoms with Crippen LogP contribution in [0.1, 0.15) is 47.5 Å². The maximum Gasteiger partial charge on any atom is 0.411 e. The highest BCUT2D eigenvalue weighted by molar-refractivity contribution is 6.35. The van der Waals surface area contributed by atoms with Crippen LogP contribution in [0.5, 0.6) is 5.75 Å². The monoisotopic (exact) mass is 431 g/mol. The maximum absolute atomic E-state index is 12.9. The van der Waals surface area contributed by atoms with Crippen molar-refractivity contribution in [2.24, 2.45) is 0 Å². The van der Waals surface area contributed by atoms with Crippen LogP contribution in [0.2, 0.25) is 10.0 Å². The molecule has 156 valence electrons. The summed E-state index contributed by atoms with van der Waals surface area (Å²) in [5, 5.41) is 3.01. The van der Waals surface area contributed by atoms with Gasteiger partial charge in [0.25, 0.3) is 5.72 Å². The van der Waals surface area contributed by atoms with Gasteiger partial charge in [-0.25, -0.2) is 9.59 Å². The standard InChI is InChI=1S/C20H27Cl2NO5/c1-7-9-14(8-2)26-17(24)20(6,23-18(25)28-19(3,4)5)27-16-11-10-13(21)12-15(16)22/h7,10-12,14H,1,8-9H2,2-6H3,(H,23,25)/t14-,20-/m0/s1. The zero-order chi connectivity index (χ0) is 21.5. The molecule has 0 spiro atoms. The average Bonchev–Trinajstić information content (AvgIpc) is 2.55. The summed E-state index contributed by atoms with van der Waals surface area (Å²) in [5.74, 6) is -0.642. The lowest BCUT2D eigenvalue weighted by molar-refractivity contribution is -0.169. The summed E-state index contributed by atoms with van der Waals surface area (Å²) in [5.41, 5.74) is -2.64. The molecular formula is C20H27Cl2NO5. The summed E-state index contributed by atoms with van der Waals surface area (Å²) in [4.78, 5) is 25.2. The average molecular weight is 432 g/mol. The van der Waals surface area contributed by atoms with E-state index in [0.29, 0.717) is 17.9 Å². The molecule has 0 radical (unpaired) electrons. The third-order valence-electron chi connectivity index (χ3n) is 3.50. The van der Waals surface area contributed by atoms with Gasteiger partial charge in [-0.1, -0.05) is 36.2 Å². The van der Waals surface area contributed by atoms with Gasteiger partial charge in [0.05, 0.1) is 5.02 Å². The van der Waals surface area contributed by atoms with Crippen LogP contribution in [0, 0.1) is 0 Å². The Morgan fingerprint density at radius 2 is 1.89 bits per heavy atom. The second-order valence-electron chi connectivity index (χ2n) is 7.30. The Kier molecular flexibility index (Phi) is 8.64. The summed E-state index contributed by atoms with van der Waals surface area (Å²) in [7, 11) is 0. The molecular weight excluding hydrogens is 405 g/mol. The minimum atomic E-state index is -1.88. The molecule has 1 N–H and O–H groups in total. The van der Waals surface area contributed by atoms with E-state index in [2.05, 4.69) is 11.9 Å². The van der Waals surface area contributed by atoms with Gasteiger partial charge in [-0.05, 0) is 45.4 Å². The highest BCUT2D eigenvalue weighted by atomic mass is 35.5. The molecule has 1 amide bonds. The molecule has 0 saturated heterocycles. The van der Waals surface area contributed by atoms with Crippen molar-refractivity contribution in [1.82, 2.24) is 5.32 Å². The van der Waals surface area contributed by atoms with Gasteiger partial charge in [0.15, 0.2) is 0 Å². The number of amides is 1. The Balaban J connectivity index is 3.14. The zero-order valence-electron chi connectivity index (χ0n) is 16.8. The molecule has 6 nitrogen and oxygen atoms in total. The molecule has 1 aromatic carbocycles. The predicted octanol–water partition coefficient (Wildman–Crippen LogP) is 5.51. The summed E-state index contributed by atoms with van der Waals surface area (Å²) < 4.78 is 16.5. The van der Waals surface area contributed by atoms with Crippen molar-refractivity contribution in [2.75, 3.05) is 0 Å². The molecule has 1 rings (SSSR count). The third-order valence-corrected chi connectivity index (χ3v) is 4.03. The van der Waals surface area contributed by atoms with Gasteiger partial charge in [-0.15, -0.1) is 6.58 Å². The lowest BCUT2D eigenvalue weighted by Gasteiger charge is -2.32. The predicted molar refractivity (Wildman–Crippen MR) is 110 cm³/mol. The molecule has 0 aliphatic rings. The van der Waals surface area contributed by atoms with Crippen LogP contribution in [0.4, 0.5) is 4.79 Å². The Hall–Kier alpha value is -1.92. The maximum atomic E-state index is 12.9. The molecule has 0 saturated carbocycles. The number of ether oxygens (including phenoxy) is 3. The van der Waals surface area contributed by atoms with Crippen molar-refractivity contribution in [1.29, 1.82) is 0 Å². The van der Waals surface area contributed by atoms with E-state index in [1.807, 2.05) is 6.92 Å². The molecule has 0 heterocycles. The van der Waals surface area contributed by atoms with Gasteiger partial charge in [0.1, 0.15) is 17.5 Å². The number of nitrogens with one attached hydrogen (secondary N) is 1. The van der Waals surface area contributed by atoms with Crippen molar-refractivity contribution in [3.05, 3.63) is 40.9 Å². The molecule has 0 fully saturated rings. The SMILES string of the molecule is C=CC[C@H](CC)OC(=O)[C@@](C)(NC(=O)OC(C)(C)C)Oc1ccc(Cl)cc1Cl. The van der Waals surface area contributed by atoms with Gasteiger partial charge in [0.2, 0.25) is 0 Å². The van der Waals surface area contributed by atoms with E-state index in [1.165, 1.54) is 19.1 Å². The fraction of sp³-hybridized carbons (Fsp3) is 0.500. The molecule has 0 aliphatic carbocycles. The first kappa shape index (κ1) is 24.1. The minimum Gasteiger partial charge on any atom is -0.458 e. The molecule has 0 unspecified atom stereocenters. The Morgan fingerprint density at radius 3 is 2.39 bits per heavy atom. The lowest BCUT2D eigenvalue weighted by Crippen LogP contribution is -2.58. The molecule has 2 atom stereocenters. The molecule has 1 aromatic rings. The number of rotatable bonds is 8. The normalized spacial score (nSPS) is 14.4. The quantitative estimate of drug-likeness (QED) is 0.333. The first-order chi connectivity index (χ1) is 12.9. The van der Waals surface area contributed by atoms with Crippen molar-refractivity contribution < 1.29 is 23.8 Å². The van der Waals surface area contributed by atoms with E-state index < -0.39 is 29.5 Å². The second kappa shape index (κ2) is 10.0. The van der Waals surface area contributed by atoms with E-state index in [9.17, 15) is 9.59 Å². The minimum absolute atomic E-state index is 0.151. The van der Waals surface area contributed by atoms with Crippen molar-refractivity contribution >= 4 is 35.3 Å². The molecule has 28 heavy (non-hydrogen) atoms. The topological polar surface area (TPSA) is 73.9 Å². The van der Waals surface area contributed by atoms with Crippen LogP contribution in [0.3, 0.4) is 0 Å². The van der Waals surface area contributed by atoms with Crippen LogP contribution in [0.25, 0.3) is 0 Å². The fourth-order valence-corrected chi connectivity index (χ4v) is 2.59. The number of benzene rings is 1. The second-order valence-corrected chi connectivity index (χ2v) is 8.14. The van der Waals surface area contributed by atoms with Gasteiger partial charge < -0.3 is 14.2 Å². The number of hydrogen-bond donors (Lipinski definition) is 1. The van der Waals surface area contributed by atoms with E-state index >= 15 is 0 Å². The van der Waals surface area contributed by atoms with Gasteiger partial charge >= 0.3 is 12.1 Å². The summed E-state index contributed by atoms with van der Waals surface area (Å²) in [6, 6.07) is 4.51. The van der Waals surface area contributed by atoms with Crippen LogP contribution in [0.15, 0.2) is 30.9 Å². The Morgan fingerprint density at radius 1 is 1.25 bits per heavy atom. The van der Waals surface area contributed by atoms with Crippen LogP contribution < -0.4 is 10.1 Å². The van der Waals surface area contributed by atoms with E-state index in [1.54, 1.807) is 32.9 Å². The smallest absolute Gasteiger partial charge is 0.411 e. The number of hydrogen-bond acceptors (Lipinski definition) is 5. The van der Waals surface area contributed by atoms with Gasteiger partial charge in [0, 0.05) is 18.4 Å². The summed E-state index contributed by atoms with van der Waals surface area (Å²) >= 11 is 12.0. The highest BCUT2D eigenvalue weighted by Gasteiger charge is 2.42. The number of alkyl carbamates (subject to hydrolysis) is 1. The molecule has 0 aromatic heterocycles. The zero-order valence-corrected chi connectivity index (χ0v) is 18.3. The lowest BCUT2D eigenvalue weighted by atomic mass is 10.2. The summed E-state index contributed by atoms with van der Waals surface area (Å²) in [6.07, 6.45) is 1.44. The molecule has 0 bridgehead atoms. The summed E-state index contributed by atoms with van der Waals surface area (Å²) in [6.45, 7) is 12.0. The number of carbonyl (C=O) groups excluding carboxylic acids is 2. The van der Waals surface area contributed by atoms with Crippen molar-refractivity contribution in [2.45, 2.75) is 64.9 Å². The Labute approximate surface area is 176 Å². The van der Waals surface area contributed by atoms with Gasteiger partial charge in [-0.2, -0.15) is 0 Å². The fourth-order valence-electron chi connectivity index (χ4n) is 2.14. The highest BCUT2D eigenvalue weighted by Crippen LogP contribution is 2.30. The largest absolute Gasteiger partial charge is 0.458 e. The van der Waals surface area contributed by atoms with Crippen LogP contribution in [-0.2, 0) is 14.3 Å². The Bertz CT molecular complexity index is 717. The van der Waals surface area contributed by atoms with Gasteiger partial charge in [-0.3, -0.25) is 5.32 Å². The molecule has 0 aliphatic heterocycles. The third kappa shape index (κ3) is 7.60. The number of carbonyl (C=O) groups is 2.